The van der Waals surface area contributed by atoms with Crippen molar-refractivity contribution in [1.82, 2.24) is 4.90 Å². The molecule has 0 aromatic heterocycles. The molecule has 0 bridgehead atoms. The number of ether oxygens (including phenoxy) is 1. The Bertz CT molecular complexity index is 482. The second-order valence-electron chi connectivity index (χ2n) is 5.05. The highest BCUT2D eigenvalue weighted by Crippen LogP contribution is 2.27. The van der Waals surface area contributed by atoms with Gasteiger partial charge in [-0.3, -0.25) is 9.69 Å². The van der Waals surface area contributed by atoms with Gasteiger partial charge in [-0.2, -0.15) is 0 Å². The fourth-order valence-electron chi connectivity index (χ4n) is 2.44. The average molecular weight is 317 g/mol. The van der Waals surface area contributed by atoms with E-state index in [2.05, 4.69) is 4.90 Å². The molecule has 0 aliphatic carbocycles. The van der Waals surface area contributed by atoms with Crippen molar-refractivity contribution in [2.45, 2.75) is 12.8 Å². The van der Waals surface area contributed by atoms with Gasteiger partial charge in [-0.1, -0.05) is 23.2 Å². The van der Waals surface area contributed by atoms with Crippen LogP contribution < -0.4 is 10.5 Å². The summed E-state index contributed by atoms with van der Waals surface area (Å²) in [5.41, 5.74) is 5.22. The largest absolute Gasteiger partial charge is 0.491 e. The Morgan fingerprint density at radius 3 is 3.00 bits per heavy atom. The molecule has 1 fully saturated rings. The minimum atomic E-state index is -0.223. The number of amides is 1. The van der Waals surface area contributed by atoms with Crippen molar-refractivity contribution in [1.29, 1.82) is 0 Å². The number of nitrogens with zero attached hydrogens (tertiary/aromatic N) is 1. The molecule has 1 atom stereocenters. The molecule has 1 aromatic carbocycles. The van der Waals surface area contributed by atoms with E-state index in [1.807, 2.05) is 0 Å². The molecule has 2 rings (SSSR count). The number of nitrogens with two attached hydrogens (primary N) is 1. The first-order valence-electron chi connectivity index (χ1n) is 6.63. The van der Waals surface area contributed by atoms with Crippen LogP contribution in [0, 0.1) is 5.92 Å². The third-order valence-electron chi connectivity index (χ3n) is 3.42. The summed E-state index contributed by atoms with van der Waals surface area (Å²) >= 11 is 11.9. The maximum absolute atomic E-state index is 10.9. The van der Waals surface area contributed by atoms with E-state index >= 15 is 0 Å². The van der Waals surface area contributed by atoms with E-state index in [1.54, 1.807) is 18.2 Å². The number of carbonyl (C=O) groups excluding carboxylic acids is 1. The van der Waals surface area contributed by atoms with Gasteiger partial charge in [-0.05, 0) is 31.0 Å². The van der Waals surface area contributed by atoms with E-state index in [-0.39, 0.29) is 5.91 Å². The predicted octanol–water partition coefficient (Wildman–Crippen LogP) is 2.57. The van der Waals surface area contributed by atoms with Crippen LogP contribution in [0.5, 0.6) is 5.75 Å². The summed E-state index contributed by atoms with van der Waals surface area (Å²) in [6.07, 6.45) is 1.48. The maximum Gasteiger partial charge on any atom is 0.217 e. The lowest BCUT2D eigenvalue weighted by Crippen LogP contribution is -2.27. The van der Waals surface area contributed by atoms with Gasteiger partial charge in [0.25, 0.3) is 0 Å². The van der Waals surface area contributed by atoms with Crippen LogP contribution in [-0.4, -0.2) is 37.0 Å². The van der Waals surface area contributed by atoms with Crippen LogP contribution in [0.25, 0.3) is 0 Å². The second-order valence-corrected chi connectivity index (χ2v) is 5.89. The van der Waals surface area contributed by atoms with Crippen LogP contribution in [-0.2, 0) is 4.79 Å². The number of likely N-dealkylation sites (tertiary alicyclic amines) is 1. The molecule has 1 saturated heterocycles. The van der Waals surface area contributed by atoms with Gasteiger partial charge in [-0.25, -0.2) is 0 Å². The van der Waals surface area contributed by atoms with Gasteiger partial charge in [0.2, 0.25) is 5.91 Å². The van der Waals surface area contributed by atoms with Crippen molar-refractivity contribution >= 4 is 29.1 Å². The fraction of sp³-hybridized carbons (Fsp3) is 0.500. The van der Waals surface area contributed by atoms with Crippen LogP contribution in [0.4, 0.5) is 0 Å². The smallest absolute Gasteiger partial charge is 0.217 e. The molecular formula is C14H18Cl2N2O2. The number of carbonyl (C=O) groups is 1. The molecule has 0 saturated carbocycles. The van der Waals surface area contributed by atoms with Gasteiger partial charge in [-0.15, -0.1) is 0 Å². The summed E-state index contributed by atoms with van der Waals surface area (Å²) in [7, 11) is 0. The van der Waals surface area contributed by atoms with E-state index in [4.69, 9.17) is 33.7 Å². The van der Waals surface area contributed by atoms with E-state index in [0.29, 0.717) is 34.7 Å². The normalized spacial score (nSPS) is 19.2. The zero-order valence-corrected chi connectivity index (χ0v) is 12.7. The van der Waals surface area contributed by atoms with Crippen LogP contribution in [0.15, 0.2) is 18.2 Å². The lowest BCUT2D eigenvalue weighted by molar-refractivity contribution is -0.118. The average Bonchev–Trinajstić information content (AvgIpc) is 2.80. The highest BCUT2D eigenvalue weighted by atomic mass is 35.5. The first kappa shape index (κ1) is 15.4. The highest BCUT2D eigenvalue weighted by molar-refractivity contribution is 6.34. The summed E-state index contributed by atoms with van der Waals surface area (Å²) in [6, 6.07) is 5.16. The molecule has 2 N–H and O–H groups in total. The summed E-state index contributed by atoms with van der Waals surface area (Å²) in [5.74, 6) is 0.758. The van der Waals surface area contributed by atoms with Crippen molar-refractivity contribution in [2.24, 2.45) is 11.7 Å². The van der Waals surface area contributed by atoms with E-state index in [1.165, 1.54) is 0 Å². The zero-order valence-electron chi connectivity index (χ0n) is 11.1. The van der Waals surface area contributed by atoms with E-state index < -0.39 is 0 Å². The Morgan fingerprint density at radius 2 is 2.25 bits per heavy atom. The predicted molar refractivity (Wildman–Crippen MR) is 80.3 cm³/mol. The number of rotatable bonds is 6. The quantitative estimate of drug-likeness (QED) is 0.877. The Kier molecular flexibility index (Phi) is 5.52. The summed E-state index contributed by atoms with van der Waals surface area (Å²) in [5, 5.41) is 1.16. The van der Waals surface area contributed by atoms with E-state index in [0.717, 1.165) is 26.1 Å². The minimum absolute atomic E-state index is 0.223. The van der Waals surface area contributed by atoms with Gasteiger partial charge >= 0.3 is 0 Å². The SMILES string of the molecule is NC(=O)CC1CCN(CCOc2cc(Cl)ccc2Cl)C1. The lowest BCUT2D eigenvalue weighted by Gasteiger charge is -2.16. The topological polar surface area (TPSA) is 55.6 Å². The van der Waals surface area contributed by atoms with Crippen molar-refractivity contribution in [3.63, 3.8) is 0 Å². The van der Waals surface area contributed by atoms with Gasteiger partial charge in [0.1, 0.15) is 12.4 Å². The number of hydrogen-bond donors (Lipinski definition) is 1. The van der Waals surface area contributed by atoms with Crippen LogP contribution in [0.1, 0.15) is 12.8 Å². The molecule has 0 radical (unpaired) electrons. The molecule has 1 aromatic rings. The summed E-state index contributed by atoms with van der Waals surface area (Å²) < 4.78 is 5.65. The Balaban J connectivity index is 1.74. The number of benzene rings is 1. The molecule has 1 aliphatic rings. The van der Waals surface area contributed by atoms with Crippen LogP contribution in [0.2, 0.25) is 10.0 Å². The first-order valence-corrected chi connectivity index (χ1v) is 7.38. The lowest BCUT2D eigenvalue weighted by atomic mass is 10.1. The maximum atomic E-state index is 10.9. The van der Waals surface area contributed by atoms with Crippen molar-refractivity contribution in [3.8, 4) is 5.75 Å². The zero-order chi connectivity index (χ0) is 14.5. The van der Waals surface area contributed by atoms with Gasteiger partial charge in [0, 0.05) is 30.6 Å². The highest BCUT2D eigenvalue weighted by Gasteiger charge is 2.23. The Labute approximate surface area is 128 Å². The standard InChI is InChI=1S/C14H18Cl2N2O2/c15-11-1-2-12(16)13(8-11)20-6-5-18-4-3-10(9-18)7-14(17)19/h1-2,8,10H,3-7,9H2,(H2,17,19). The number of halogens is 2. The third-order valence-corrected chi connectivity index (χ3v) is 3.97. The molecule has 1 amide bonds. The molecule has 6 heteroatoms. The molecule has 1 heterocycles. The number of primary amides is 1. The molecule has 1 unspecified atom stereocenters. The second kappa shape index (κ2) is 7.16. The molecule has 1 aliphatic heterocycles. The monoisotopic (exact) mass is 316 g/mol. The fourth-order valence-corrected chi connectivity index (χ4v) is 2.77. The molecular weight excluding hydrogens is 299 g/mol. The third kappa shape index (κ3) is 4.54. The Hall–Kier alpha value is -0.970. The minimum Gasteiger partial charge on any atom is -0.491 e. The molecule has 20 heavy (non-hydrogen) atoms. The number of hydrogen-bond acceptors (Lipinski definition) is 3. The van der Waals surface area contributed by atoms with Crippen LogP contribution >= 0.6 is 23.2 Å². The van der Waals surface area contributed by atoms with Crippen LogP contribution in [0.3, 0.4) is 0 Å². The molecule has 110 valence electrons. The van der Waals surface area contributed by atoms with Gasteiger partial charge in [0.15, 0.2) is 0 Å². The van der Waals surface area contributed by atoms with Crippen molar-refractivity contribution < 1.29 is 9.53 Å². The van der Waals surface area contributed by atoms with Gasteiger partial charge < -0.3 is 10.5 Å². The summed E-state index contributed by atoms with van der Waals surface area (Å²) in [4.78, 5) is 13.2. The first-order chi connectivity index (χ1) is 9.54. The molecule has 0 spiro atoms. The van der Waals surface area contributed by atoms with E-state index in [9.17, 15) is 4.79 Å². The summed E-state index contributed by atoms with van der Waals surface area (Å²) in [6.45, 7) is 3.22. The van der Waals surface area contributed by atoms with Crippen molar-refractivity contribution in [3.05, 3.63) is 28.2 Å². The van der Waals surface area contributed by atoms with Crippen molar-refractivity contribution in [2.75, 3.05) is 26.2 Å². The van der Waals surface area contributed by atoms with Gasteiger partial charge in [0.05, 0.1) is 5.02 Å². The Morgan fingerprint density at radius 1 is 1.45 bits per heavy atom. The molecule has 4 nitrogen and oxygen atoms in total.